The van der Waals surface area contributed by atoms with E-state index in [2.05, 4.69) is 10.6 Å². The maximum absolute atomic E-state index is 12.2. The first-order valence-corrected chi connectivity index (χ1v) is 10.4. The van der Waals surface area contributed by atoms with Crippen LogP contribution in [0.25, 0.3) is 10.8 Å². The van der Waals surface area contributed by atoms with Crippen LogP contribution in [0.4, 0.5) is 5.69 Å². The van der Waals surface area contributed by atoms with Crippen molar-refractivity contribution < 1.29 is 9.59 Å². The predicted molar refractivity (Wildman–Crippen MR) is 117 cm³/mol. The summed E-state index contributed by atoms with van der Waals surface area (Å²) >= 11 is 7.72. The molecular formula is C22H21ClN2O2S. The third-order valence-electron chi connectivity index (χ3n) is 4.29. The van der Waals surface area contributed by atoms with Gasteiger partial charge in [-0.15, -0.1) is 11.8 Å². The lowest BCUT2D eigenvalue weighted by atomic mass is 10.1. The molecule has 0 saturated heterocycles. The van der Waals surface area contributed by atoms with E-state index in [9.17, 15) is 9.59 Å². The van der Waals surface area contributed by atoms with Crippen LogP contribution in [0.2, 0.25) is 5.02 Å². The first-order valence-electron chi connectivity index (χ1n) is 9.03. The smallest absolute Gasteiger partial charge is 0.243 e. The molecule has 0 saturated carbocycles. The van der Waals surface area contributed by atoms with E-state index >= 15 is 0 Å². The molecule has 2 N–H and O–H groups in total. The first kappa shape index (κ1) is 20.2. The summed E-state index contributed by atoms with van der Waals surface area (Å²) in [5.41, 5.74) is 1.84. The number of rotatable bonds is 7. The number of fused-ring (bicyclic) bond motifs is 1. The molecule has 0 aliphatic heterocycles. The highest BCUT2D eigenvalue weighted by atomic mass is 35.5. The van der Waals surface area contributed by atoms with Crippen molar-refractivity contribution in [1.29, 1.82) is 0 Å². The summed E-state index contributed by atoms with van der Waals surface area (Å²) in [6, 6.07) is 19.3. The minimum atomic E-state index is -0.243. The Hall–Kier alpha value is -2.50. The molecule has 3 aromatic carbocycles. The van der Waals surface area contributed by atoms with E-state index < -0.39 is 0 Å². The van der Waals surface area contributed by atoms with Crippen LogP contribution in [0.5, 0.6) is 0 Å². The quantitative estimate of drug-likeness (QED) is 0.542. The van der Waals surface area contributed by atoms with Crippen molar-refractivity contribution in [2.24, 2.45) is 0 Å². The van der Waals surface area contributed by atoms with Crippen molar-refractivity contribution in [3.63, 3.8) is 0 Å². The Morgan fingerprint density at radius 3 is 2.50 bits per heavy atom. The molecule has 0 bridgehead atoms. The number of carbonyl (C=O) groups is 2. The molecule has 144 valence electrons. The molecule has 0 heterocycles. The van der Waals surface area contributed by atoms with E-state index in [1.807, 2.05) is 67.6 Å². The fraction of sp³-hybridized carbons (Fsp3) is 0.182. The van der Waals surface area contributed by atoms with Crippen LogP contribution in [0, 0.1) is 0 Å². The van der Waals surface area contributed by atoms with Crippen molar-refractivity contribution in [1.82, 2.24) is 5.32 Å². The van der Waals surface area contributed by atoms with Crippen LogP contribution in [-0.4, -0.2) is 24.1 Å². The number of benzene rings is 3. The van der Waals surface area contributed by atoms with Gasteiger partial charge in [-0.2, -0.15) is 0 Å². The topological polar surface area (TPSA) is 58.2 Å². The van der Waals surface area contributed by atoms with Gasteiger partial charge in [0.25, 0.3) is 0 Å². The Balaban J connectivity index is 1.53. The van der Waals surface area contributed by atoms with Crippen molar-refractivity contribution in [3.05, 3.63) is 71.2 Å². The zero-order valence-corrected chi connectivity index (χ0v) is 17.1. The minimum Gasteiger partial charge on any atom is -0.346 e. The molecule has 0 fully saturated rings. The molecule has 3 rings (SSSR count). The summed E-state index contributed by atoms with van der Waals surface area (Å²) in [7, 11) is 0. The number of carbonyl (C=O) groups excluding carboxylic acids is 2. The van der Waals surface area contributed by atoms with Gasteiger partial charge in [0, 0.05) is 21.0 Å². The Morgan fingerprint density at radius 1 is 0.964 bits per heavy atom. The maximum Gasteiger partial charge on any atom is 0.243 e. The molecule has 4 nitrogen and oxygen atoms in total. The monoisotopic (exact) mass is 412 g/mol. The van der Waals surface area contributed by atoms with Crippen molar-refractivity contribution in [3.8, 4) is 0 Å². The fourth-order valence-electron chi connectivity index (χ4n) is 2.90. The van der Waals surface area contributed by atoms with Crippen LogP contribution < -0.4 is 10.6 Å². The zero-order chi connectivity index (χ0) is 19.9. The van der Waals surface area contributed by atoms with Crippen LogP contribution in [0.1, 0.15) is 12.5 Å². The van der Waals surface area contributed by atoms with Crippen molar-refractivity contribution >= 4 is 51.6 Å². The van der Waals surface area contributed by atoms with E-state index in [0.717, 1.165) is 33.3 Å². The summed E-state index contributed by atoms with van der Waals surface area (Å²) in [5, 5.41) is 8.15. The lowest BCUT2D eigenvalue weighted by Gasteiger charge is -2.11. The summed E-state index contributed by atoms with van der Waals surface area (Å²) in [6.07, 6.45) is 0.826. The van der Waals surface area contributed by atoms with Crippen LogP contribution in [0.3, 0.4) is 0 Å². The van der Waals surface area contributed by atoms with Gasteiger partial charge in [0.05, 0.1) is 12.3 Å². The zero-order valence-electron chi connectivity index (χ0n) is 15.5. The van der Waals surface area contributed by atoms with Crippen molar-refractivity contribution in [2.75, 3.05) is 17.6 Å². The fourth-order valence-corrected chi connectivity index (χ4v) is 4.18. The minimum absolute atomic E-state index is 0.0618. The SMILES string of the molecule is CCc1ccccc1NC(=O)CNC(=O)CSc1cccc2cccc(Cl)c12. The average Bonchev–Trinajstić information content (AvgIpc) is 2.71. The summed E-state index contributed by atoms with van der Waals surface area (Å²) < 4.78 is 0. The van der Waals surface area contributed by atoms with Gasteiger partial charge in [-0.05, 0) is 35.6 Å². The Bertz CT molecular complexity index is 1000. The highest BCUT2D eigenvalue weighted by molar-refractivity contribution is 8.00. The second-order valence-corrected chi connectivity index (χ2v) is 7.64. The lowest BCUT2D eigenvalue weighted by Crippen LogP contribution is -2.34. The van der Waals surface area contributed by atoms with E-state index in [0.29, 0.717) is 5.02 Å². The Labute approximate surface area is 173 Å². The van der Waals surface area contributed by atoms with Gasteiger partial charge in [0.15, 0.2) is 0 Å². The second-order valence-electron chi connectivity index (χ2n) is 6.22. The summed E-state index contributed by atoms with van der Waals surface area (Å²) in [5.74, 6) is -0.233. The van der Waals surface area contributed by atoms with Gasteiger partial charge in [-0.25, -0.2) is 0 Å². The molecule has 0 radical (unpaired) electrons. The molecule has 0 atom stereocenters. The molecule has 2 amide bonds. The van der Waals surface area contributed by atoms with E-state index in [1.54, 1.807) is 0 Å². The molecule has 0 aliphatic carbocycles. The second kappa shape index (κ2) is 9.62. The highest BCUT2D eigenvalue weighted by Crippen LogP contribution is 2.33. The summed E-state index contributed by atoms with van der Waals surface area (Å²) in [6.45, 7) is 1.97. The Kier molecular flexibility index (Phi) is 6.95. The van der Waals surface area contributed by atoms with Gasteiger partial charge in [-0.1, -0.05) is 61.0 Å². The van der Waals surface area contributed by atoms with Gasteiger partial charge >= 0.3 is 0 Å². The normalized spacial score (nSPS) is 10.6. The molecule has 6 heteroatoms. The van der Waals surface area contributed by atoms with Crippen LogP contribution in [0.15, 0.2) is 65.6 Å². The lowest BCUT2D eigenvalue weighted by molar-refractivity contribution is -0.122. The predicted octanol–water partition coefficient (Wildman–Crippen LogP) is 4.90. The largest absolute Gasteiger partial charge is 0.346 e. The van der Waals surface area contributed by atoms with E-state index in [1.165, 1.54) is 11.8 Å². The third-order valence-corrected chi connectivity index (χ3v) is 5.67. The number of hydrogen-bond donors (Lipinski definition) is 2. The number of anilines is 1. The maximum atomic E-state index is 12.2. The molecule has 28 heavy (non-hydrogen) atoms. The number of thioether (sulfide) groups is 1. The van der Waals surface area contributed by atoms with Gasteiger partial charge in [-0.3, -0.25) is 9.59 Å². The van der Waals surface area contributed by atoms with Crippen molar-refractivity contribution in [2.45, 2.75) is 18.2 Å². The number of nitrogens with one attached hydrogen (secondary N) is 2. The van der Waals surface area contributed by atoms with Gasteiger partial charge in [0.2, 0.25) is 11.8 Å². The number of halogens is 1. The highest BCUT2D eigenvalue weighted by Gasteiger charge is 2.10. The van der Waals surface area contributed by atoms with E-state index in [4.69, 9.17) is 11.6 Å². The average molecular weight is 413 g/mol. The standard InChI is InChI=1S/C22H21ClN2O2S/c1-2-15-7-3-4-11-18(15)25-20(26)13-24-21(27)14-28-19-12-6-9-16-8-5-10-17(23)22(16)19/h3-12H,2,13-14H2,1H3,(H,24,27)(H,25,26). The van der Waals surface area contributed by atoms with Crippen LogP contribution >= 0.6 is 23.4 Å². The van der Waals surface area contributed by atoms with E-state index in [-0.39, 0.29) is 24.1 Å². The molecule has 0 spiro atoms. The summed E-state index contributed by atoms with van der Waals surface area (Å²) in [4.78, 5) is 25.2. The van der Waals surface area contributed by atoms with Gasteiger partial charge < -0.3 is 10.6 Å². The van der Waals surface area contributed by atoms with Gasteiger partial charge in [0.1, 0.15) is 0 Å². The third kappa shape index (κ3) is 5.06. The number of hydrogen-bond acceptors (Lipinski definition) is 3. The molecule has 0 aliphatic rings. The number of para-hydroxylation sites is 1. The number of amides is 2. The molecular weight excluding hydrogens is 392 g/mol. The molecule has 3 aromatic rings. The first-order chi connectivity index (χ1) is 13.6. The van der Waals surface area contributed by atoms with Crippen LogP contribution in [-0.2, 0) is 16.0 Å². The molecule has 0 unspecified atom stereocenters. The molecule has 0 aromatic heterocycles. The number of aryl methyl sites for hydroxylation is 1. The Morgan fingerprint density at radius 2 is 1.71 bits per heavy atom.